The molecule has 0 aromatic rings. The number of nitrogens with zero attached hydrogens (tertiary/aromatic N) is 1. The Morgan fingerprint density at radius 2 is 1.83 bits per heavy atom. The van der Waals surface area contributed by atoms with Crippen LogP contribution in [0.2, 0.25) is 0 Å². The van der Waals surface area contributed by atoms with Crippen molar-refractivity contribution < 1.29 is 30.3 Å². The van der Waals surface area contributed by atoms with Crippen molar-refractivity contribution in [1.82, 2.24) is 0 Å². The minimum absolute atomic E-state index is 1.89. The maximum Gasteiger partial charge on any atom is 0.412 e. The lowest BCUT2D eigenvalue weighted by molar-refractivity contribution is -0.152. The molecule has 0 fully saturated rings. The molecule has 0 rings (SSSR count). The van der Waals surface area contributed by atoms with E-state index in [-0.39, 0.29) is 0 Å². The van der Waals surface area contributed by atoms with Crippen LogP contribution in [-0.2, 0) is 4.52 Å². The van der Waals surface area contributed by atoms with Crippen molar-refractivity contribution in [1.29, 1.82) is 0 Å². The molecule has 12 heavy (non-hydrogen) atoms. The Labute approximate surface area is 65.6 Å². The van der Waals surface area contributed by atoms with Crippen molar-refractivity contribution in [3.63, 3.8) is 0 Å². The zero-order chi connectivity index (χ0) is 9.78. The fourth-order valence-corrected chi connectivity index (χ4v) is 1.17. The average Bonchev–Trinajstić information content (AvgIpc) is 1.80. The second-order valence-corrected chi connectivity index (χ2v) is 3.45. The lowest BCUT2D eigenvalue weighted by Gasteiger charge is -2.06. The molecule has 1 unspecified atom stereocenters. The van der Waals surface area contributed by atoms with Crippen LogP contribution < -0.4 is 0 Å². The first-order valence-corrected chi connectivity index (χ1v) is 4.67. The van der Waals surface area contributed by atoms with Gasteiger partial charge in [-0.1, -0.05) is 0 Å². The van der Waals surface area contributed by atoms with Crippen LogP contribution in [0.15, 0.2) is 4.52 Å². The standard InChI is InChI=1S/C2H3F6NOP2/c3-2(4,5)1-10-12(8)9-11(6)7/h11H,1H2. The molecule has 0 aromatic carbocycles. The Bertz CT molecular complexity index is 165. The summed E-state index contributed by atoms with van der Waals surface area (Å²) in [5.74, 6) is 0. The summed E-state index contributed by atoms with van der Waals surface area (Å²) in [6.07, 6.45) is -4.72. The van der Waals surface area contributed by atoms with Gasteiger partial charge in [0, 0.05) is 0 Å². The first-order chi connectivity index (χ1) is 5.31. The van der Waals surface area contributed by atoms with Crippen LogP contribution in [0.4, 0.5) is 25.8 Å². The van der Waals surface area contributed by atoms with Gasteiger partial charge in [0.05, 0.1) is 0 Å². The summed E-state index contributed by atoms with van der Waals surface area (Å²) in [5.41, 5.74) is 0. The van der Waals surface area contributed by atoms with Crippen molar-refractivity contribution in [2.24, 2.45) is 4.52 Å². The summed E-state index contributed by atoms with van der Waals surface area (Å²) in [5, 5.41) is 0. The minimum Gasteiger partial charge on any atom is -0.303 e. The van der Waals surface area contributed by atoms with Gasteiger partial charge in [-0.3, -0.25) is 0 Å². The van der Waals surface area contributed by atoms with Crippen LogP contribution in [0.3, 0.4) is 0 Å². The molecule has 0 saturated carbocycles. The lowest BCUT2D eigenvalue weighted by Crippen LogP contribution is -2.14. The molecule has 10 heteroatoms. The van der Waals surface area contributed by atoms with E-state index >= 15 is 0 Å². The highest BCUT2D eigenvalue weighted by atomic mass is 31.2. The zero-order valence-electron chi connectivity index (χ0n) is 5.28. The molecule has 2 nitrogen and oxygen atoms in total. The maximum absolute atomic E-state index is 11.9. The van der Waals surface area contributed by atoms with E-state index < -0.39 is 29.7 Å². The summed E-state index contributed by atoms with van der Waals surface area (Å²) in [6, 6.07) is 0. The summed E-state index contributed by atoms with van der Waals surface area (Å²) in [7, 11) is -7.70. The van der Waals surface area contributed by atoms with Gasteiger partial charge in [-0.05, 0) is 0 Å². The lowest BCUT2D eigenvalue weighted by atomic mass is 10.7. The zero-order valence-corrected chi connectivity index (χ0v) is 7.17. The molecule has 0 saturated heterocycles. The molecule has 0 bridgehead atoms. The molecule has 0 N–H and O–H groups in total. The Morgan fingerprint density at radius 1 is 1.33 bits per heavy atom. The predicted octanol–water partition coefficient (Wildman–Crippen LogP) is 3.93. The van der Waals surface area contributed by atoms with Crippen LogP contribution in [0.1, 0.15) is 0 Å². The van der Waals surface area contributed by atoms with Crippen molar-refractivity contribution in [2.45, 2.75) is 6.18 Å². The van der Waals surface area contributed by atoms with Gasteiger partial charge in [0.25, 0.3) is 8.33 Å². The number of hydrogen-bond acceptors (Lipinski definition) is 2. The predicted molar refractivity (Wildman–Crippen MR) is 33.0 cm³/mol. The first-order valence-electron chi connectivity index (χ1n) is 2.36. The third-order valence-corrected chi connectivity index (χ3v) is 2.06. The Hall–Kier alpha value is 0.200. The number of hydrogen-bond donors (Lipinski definition) is 0. The second-order valence-electron chi connectivity index (χ2n) is 1.46. The van der Waals surface area contributed by atoms with Gasteiger partial charge >= 0.3 is 14.8 Å². The molecule has 0 heterocycles. The highest BCUT2D eigenvalue weighted by molar-refractivity contribution is 7.53. The van der Waals surface area contributed by atoms with Gasteiger partial charge < -0.3 is 4.52 Å². The van der Waals surface area contributed by atoms with E-state index in [1.807, 2.05) is 4.52 Å². The molecule has 0 aromatic heterocycles. The summed E-state index contributed by atoms with van der Waals surface area (Å²) < 4.78 is 73.6. The topological polar surface area (TPSA) is 21.6 Å². The fraction of sp³-hybridized carbons (Fsp3) is 1.00. The van der Waals surface area contributed by atoms with Crippen molar-refractivity contribution in [2.75, 3.05) is 6.61 Å². The normalized spacial score (nSPS) is 14.9. The highest BCUT2D eigenvalue weighted by Crippen LogP contribution is 2.49. The molecule has 0 amide bonds. The first kappa shape index (κ1) is 12.2. The quantitative estimate of drug-likeness (QED) is 0.534. The van der Waals surface area contributed by atoms with E-state index in [9.17, 15) is 25.8 Å². The number of alkyl halides is 3. The summed E-state index contributed by atoms with van der Waals surface area (Å²) in [4.78, 5) is 0. The van der Waals surface area contributed by atoms with Gasteiger partial charge in [-0.15, -0.1) is 0 Å². The third-order valence-electron chi connectivity index (χ3n) is 0.489. The second kappa shape index (κ2) is 5.04. The monoisotopic (exact) mass is 233 g/mol. The van der Waals surface area contributed by atoms with Crippen molar-refractivity contribution in [3.05, 3.63) is 0 Å². The Morgan fingerprint density at radius 3 is 2.17 bits per heavy atom. The van der Waals surface area contributed by atoms with Crippen LogP contribution in [0, 0.1) is 0 Å². The van der Waals surface area contributed by atoms with E-state index in [1.165, 1.54) is 0 Å². The summed E-state index contributed by atoms with van der Waals surface area (Å²) >= 11 is 0. The van der Waals surface area contributed by atoms with Crippen LogP contribution in [-0.4, -0.2) is 12.8 Å². The molecular formula is C2H3F6NOP2. The molecule has 0 radical (unpaired) electrons. The van der Waals surface area contributed by atoms with Crippen LogP contribution >= 0.6 is 16.9 Å². The Balaban J connectivity index is 3.73. The molecule has 1 atom stereocenters. The summed E-state index contributed by atoms with van der Waals surface area (Å²) in [6.45, 7) is -1.89. The van der Waals surface area contributed by atoms with Gasteiger partial charge in [-0.25, -0.2) is 0 Å². The van der Waals surface area contributed by atoms with Gasteiger partial charge in [0.2, 0.25) is 0 Å². The average molecular weight is 233 g/mol. The highest BCUT2D eigenvalue weighted by Gasteiger charge is 2.29. The van der Waals surface area contributed by atoms with E-state index in [0.29, 0.717) is 0 Å². The van der Waals surface area contributed by atoms with E-state index in [4.69, 9.17) is 0 Å². The van der Waals surface area contributed by atoms with Crippen molar-refractivity contribution in [3.8, 4) is 0 Å². The maximum atomic E-state index is 11.9. The smallest absolute Gasteiger partial charge is 0.303 e. The minimum atomic E-state index is -4.72. The number of halogens is 6. The molecule has 0 aliphatic rings. The van der Waals surface area contributed by atoms with E-state index in [0.717, 1.165) is 0 Å². The molecular weight excluding hydrogens is 230 g/mol. The molecule has 0 aliphatic heterocycles. The molecule has 0 spiro atoms. The van der Waals surface area contributed by atoms with Gasteiger partial charge in [0.1, 0.15) is 0 Å². The van der Waals surface area contributed by atoms with E-state index in [1.54, 1.807) is 0 Å². The Kier molecular flexibility index (Phi) is 5.13. The SMILES string of the molecule is FP(N=[PH](F)F)OCC(F)(F)F. The van der Waals surface area contributed by atoms with Crippen molar-refractivity contribution >= 4 is 16.9 Å². The van der Waals surface area contributed by atoms with E-state index in [2.05, 4.69) is 4.52 Å². The third kappa shape index (κ3) is 8.30. The molecule has 74 valence electrons. The fourth-order valence-electron chi connectivity index (χ4n) is 0.215. The van der Waals surface area contributed by atoms with Crippen LogP contribution in [0.5, 0.6) is 0 Å². The van der Waals surface area contributed by atoms with Crippen LogP contribution in [0.25, 0.3) is 0 Å². The molecule has 0 aliphatic carbocycles. The van der Waals surface area contributed by atoms with Gasteiger partial charge in [-0.2, -0.15) is 30.3 Å². The largest absolute Gasteiger partial charge is 0.412 e. The van der Waals surface area contributed by atoms with Gasteiger partial charge in [0.15, 0.2) is 6.61 Å². The number of rotatable bonds is 3.